The van der Waals surface area contributed by atoms with Crippen LogP contribution in [0, 0.1) is 13.8 Å². The molecule has 0 saturated heterocycles. The minimum Gasteiger partial charge on any atom is -0.478 e. The van der Waals surface area contributed by atoms with Gasteiger partial charge in [0, 0.05) is 19.3 Å². The number of hydrogen-bond donors (Lipinski definition) is 2. The summed E-state index contributed by atoms with van der Waals surface area (Å²) in [5.74, 6) is -0.862. The highest BCUT2D eigenvalue weighted by molar-refractivity contribution is 5.95. The van der Waals surface area contributed by atoms with Crippen LogP contribution in [0.1, 0.15) is 35.0 Å². The Balaban J connectivity index is 3.00. The van der Waals surface area contributed by atoms with Crippen LogP contribution in [0.15, 0.2) is 6.07 Å². The van der Waals surface area contributed by atoms with Gasteiger partial charge in [0.15, 0.2) is 0 Å². The predicted octanol–water partition coefficient (Wildman–Crippen LogP) is 1.36. The molecule has 0 unspecified atom stereocenters. The fourth-order valence-corrected chi connectivity index (χ4v) is 1.97. The second-order valence-corrected chi connectivity index (χ2v) is 4.79. The predicted molar refractivity (Wildman–Crippen MR) is 77.2 cm³/mol. The fraction of sp³-hybridized carbons (Fsp3) is 0.500. The summed E-state index contributed by atoms with van der Waals surface area (Å²) in [7, 11) is 1.67. The molecule has 110 valence electrons. The third-order valence-corrected chi connectivity index (χ3v) is 2.85. The van der Waals surface area contributed by atoms with Gasteiger partial charge in [-0.3, -0.25) is 4.79 Å². The summed E-state index contributed by atoms with van der Waals surface area (Å²) in [6, 6.07) is 1.72. The van der Waals surface area contributed by atoms with Gasteiger partial charge in [0.2, 0.25) is 5.91 Å². The zero-order valence-electron chi connectivity index (χ0n) is 12.4. The average Bonchev–Trinajstić information content (AvgIpc) is 2.34. The molecule has 0 fully saturated rings. The van der Waals surface area contributed by atoms with Gasteiger partial charge >= 0.3 is 5.97 Å². The van der Waals surface area contributed by atoms with Crippen molar-refractivity contribution in [2.24, 2.45) is 0 Å². The van der Waals surface area contributed by atoms with Crippen molar-refractivity contribution >= 4 is 17.7 Å². The molecule has 6 nitrogen and oxygen atoms in total. The largest absolute Gasteiger partial charge is 0.478 e. The van der Waals surface area contributed by atoms with Gasteiger partial charge in [-0.1, -0.05) is 6.92 Å². The average molecular weight is 279 g/mol. The summed E-state index contributed by atoms with van der Waals surface area (Å²) < 4.78 is 0. The van der Waals surface area contributed by atoms with Crippen molar-refractivity contribution in [2.45, 2.75) is 27.2 Å². The highest BCUT2D eigenvalue weighted by atomic mass is 16.4. The maximum atomic E-state index is 11.7. The molecule has 0 spiro atoms. The van der Waals surface area contributed by atoms with Crippen LogP contribution >= 0.6 is 0 Å². The van der Waals surface area contributed by atoms with Crippen molar-refractivity contribution < 1.29 is 14.7 Å². The van der Waals surface area contributed by atoms with Crippen molar-refractivity contribution in [3.05, 3.63) is 22.9 Å². The van der Waals surface area contributed by atoms with Crippen molar-refractivity contribution in [2.75, 3.05) is 25.0 Å². The maximum Gasteiger partial charge on any atom is 0.339 e. The SMILES string of the molecule is CCCNC(=O)CN(C)c1nc(C)cc(C)c1C(=O)O. The van der Waals surface area contributed by atoms with Crippen molar-refractivity contribution in [3.63, 3.8) is 0 Å². The van der Waals surface area contributed by atoms with Gasteiger partial charge in [0.1, 0.15) is 11.4 Å². The molecule has 1 aromatic heterocycles. The number of carbonyl (C=O) groups is 2. The van der Waals surface area contributed by atoms with E-state index in [2.05, 4.69) is 10.3 Å². The Morgan fingerprint density at radius 2 is 2.05 bits per heavy atom. The Morgan fingerprint density at radius 1 is 1.40 bits per heavy atom. The number of carboxylic acid groups (broad SMARTS) is 1. The van der Waals surface area contributed by atoms with Crippen molar-refractivity contribution in [1.29, 1.82) is 0 Å². The molecule has 0 saturated carbocycles. The number of aromatic carboxylic acids is 1. The minimum atomic E-state index is -1.04. The highest BCUT2D eigenvalue weighted by Crippen LogP contribution is 2.21. The molecule has 1 heterocycles. The standard InChI is InChI=1S/C14H21N3O3/c1-5-6-15-11(18)8-17(4)13-12(14(19)20)9(2)7-10(3)16-13/h7H,5-6,8H2,1-4H3,(H,15,18)(H,19,20). The van der Waals surface area contributed by atoms with E-state index in [1.54, 1.807) is 31.9 Å². The zero-order chi connectivity index (χ0) is 15.3. The summed E-state index contributed by atoms with van der Waals surface area (Å²) in [6.07, 6.45) is 0.859. The summed E-state index contributed by atoms with van der Waals surface area (Å²) in [5, 5.41) is 12.0. The molecule has 1 aromatic rings. The van der Waals surface area contributed by atoms with E-state index in [1.807, 2.05) is 6.92 Å². The first kappa shape index (κ1) is 15.9. The molecule has 0 aliphatic rings. The summed E-state index contributed by atoms with van der Waals surface area (Å²) in [6.45, 7) is 6.19. The first-order chi connectivity index (χ1) is 9.36. The quantitative estimate of drug-likeness (QED) is 0.821. The van der Waals surface area contributed by atoms with Gasteiger partial charge in [-0.15, -0.1) is 0 Å². The lowest BCUT2D eigenvalue weighted by Gasteiger charge is -2.21. The van der Waals surface area contributed by atoms with Crippen LogP contribution in [0.3, 0.4) is 0 Å². The molecule has 1 rings (SSSR count). The van der Waals surface area contributed by atoms with Gasteiger partial charge in [0.25, 0.3) is 0 Å². The normalized spacial score (nSPS) is 10.2. The van der Waals surface area contributed by atoms with Gasteiger partial charge in [-0.2, -0.15) is 0 Å². The van der Waals surface area contributed by atoms with Gasteiger partial charge in [0.05, 0.1) is 6.54 Å². The molecule has 0 radical (unpaired) electrons. The number of anilines is 1. The number of carbonyl (C=O) groups excluding carboxylic acids is 1. The molecular weight excluding hydrogens is 258 g/mol. The third-order valence-electron chi connectivity index (χ3n) is 2.85. The number of likely N-dealkylation sites (N-methyl/N-ethyl adjacent to an activating group) is 1. The number of nitrogens with zero attached hydrogens (tertiary/aromatic N) is 2. The molecule has 0 atom stereocenters. The van der Waals surface area contributed by atoms with Crippen LogP contribution in [0.2, 0.25) is 0 Å². The molecule has 0 aliphatic heterocycles. The molecule has 2 N–H and O–H groups in total. The summed E-state index contributed by atoms with van der Waals surface area (Å²) >= 11 is 0. The topological polar surface area (TPSA) is 82.5 Å². The van der Waals surface area contributed by atoms with E-state index >= 15 is 0 Å². The Labute approximate surface area is 118 Å². The minimum absolute atomic E-state index is 0.0795. The fourth-order valence-electron chi connectivity index (χ4n) is 1.97. The molecular formula is C14H21N3O3. The van der Waals surface area contributed by atoms with Crippen LogP contribution < -0.4 is 10.2 Å². The first-order valence-electron chi connectivity index (χ1n) is 6.56. The van der Waals surface area contributed by atoms with E-state index in [0.717, 1.165) is 12.1 Å². The van der Waals surface area contributed by atoms with Gasteiger partial charge in [-0.05, 0) is 31.9 Å². The number of aryl methyl sites for hydroxylation is 2. The Bertz CT molecular complexity index is 515. The van der Waals surface area contributed by atoms with E-state index in [9.17, 15) is 14.7 Å². The van der Waals surface area contributed by atoms with E-state index in [4.69, 9.17) is 0 Å². The van der Waals surface area contributed by atoms with Crippen LogP contribution in [-0.2, 0) is 4.79 Å². The molecule has 1 amide bonds. The van der Waals surface area contributed by atoms with E-state index in [1.165, 1.54) is 0 Å². The lowest BCUT2D eigenvalue weighted by atomic mass is 10.1. The molecule has 20 heavy (non-hydrogen) atoms. The number of nitrogens with one attached hydrogen (secondary N) is 1. The van der Waals surface area contributed by atoms with Crippen LogP contribution in [0.4, 0.5) is 5.82 Å². The van der Waals surface area contributed by atoms with Crippen molar-refractivity contribution in [3.8, 4) is 0 Å². The number of hydrogen-bond acceptors (Lipinski definition) is 4. The molecule has 0 aliphatic carbocycles. The van der Waals surface area contributed by atoms with Crippen LogP contribution in [0.5, 0.6) is 0 Å². The van der Waals surface area contributed by atoms with Crippen LogP contribution in [-0.4, -0.2) is 42.1 Å². The lowest BCUT2D eigenvalue weighted by molar-refractivity contribution is -0.119. The number of amides is 1. The molecule has 0 bridgehead atoms. The monoisotopic (exact) mass is 279 g/mol. The maximum absolute atomic E-state index is 11.7. The zero-order valence-corrected chi connectivity index (χ0v) is 12.4. The molecule has 0 aromatic carbocycles. The van der Waals surface area contributed by atoms with E-state index < -0.39 is 5.97 Å². The van der Waals surface area contributed by atoms with E-state index in [0.29, 0.717) is 17.9 Å². The highest BCUT2D eigenvalue weighted by Gasteiger charge is 2.20. The number of aromatic nitrogens is 1. The number of pyridine rings is 1. The number of carboxylic acids is 1. The molecule has 6 heteroatoms. The van der Waals surface area contributed by atoms with Crippen molar-refractivity contribution in [1.82, 2.24) is 10.3 Å². The Kier molecular flexibility index (Phi) is 5.49. The van der Waals surface area contributed by atoms with Gasteiger partial charge in [-0.25, -0.2) is 9.78 Å². The Morgan fingerprint density at radius 3 is 2.60 bits per heavy atom. The van der Waals surface area contributed by atoms with Crippen LogP contribution in [0.25, 0.3) is 0 Å². The first-order valence-corrected chi connectivity index (χ1v) is 6.56. The summed E-state index contributed by atoms with van der Waals surface area (Å²) in [4.78, 5) is 28.9. The lowest BCUT2D eigenvalue weighted by Crippen LogP contribution is -2.36. The Hall–Kier alpha value is -2.11. The summed E-state index contributed by atoms with van der Waals surface area (Å²) in [5.41, 5.74) is 1.51. The van der Waals surface area contributed by atoms with E-state index in [-0.39, 0.29) is 18.0 Å². The second kappa shape index (κ2) is 6.88. The third kappa shape index (κ3) is 3.94. The number of rotatable bonds is 6. The second-order valence-electron chi connectivity index (χ2n) is 4.79. The smallest absolute Gasteiger partial charge is 0.339 e. The van der Waals surface area contributed by atoms with Gasteiger partial charge < -0.3 is 15.3 Å².